The number of aryl methyl sites for hydroxylation is 1. The van der Waals surface area contributed by atoms with Gasteiger partial charge in [-0.3, -0.25) is 4.79 Å². The lowest BCUT2D eigenvalue weighted by Crippen LogP contribution is -2.06. The average Bonchev–Trinajstić information content (AvgIpc) is 2.41. The first-order chi connectivity index (χ1) is 9.47. The number of carboxylic acid groups (broad SMARTS) is 1. The van der Waals surface area contributed by atoms with Gasteiger partial charge in [0.1, 0.15) is 0 Å². The number of anilines is 1. The van der Waals surface area contributed by atoms with Crippen LogP contribution in [-0.4, -0.2) is 17.0 Å². The third-order valence-corrected chi connectivity index (χ3v) is 3.00. The van der Waals surface area contributed by atoms with Crippen LogP contribution in [-0.2, 0) is 4.79 Å². The molecule has 2 aromatic rings. The molecule has 0 bridgehead atoms. The summed E-state index contributed by atoms with van der Waals surface area (Å²) in [6.07, 6.45) is 0. The molecule has 0 saturated heterocycles. The molecule has 0 fully saturated rings. The van der Waals surface area contributed by atoms with E-state index in [9.17, 15) is 9.59 Å². The Hall–Kier alpha value is -2.62. The molecule has 4 nitrogen and oxygen atoms in total. The molecule has 2 rings (SSSR count). The Morgan fingerprint density at radius 3 is 2.10 bits per heavy atom. The first-order valence-corrected chi connectivity index (χ1v) is 6.19. The Bertz CT molecular complexity index is 660. The number of hydrogen-bond acceptors (Lipinski definition) is 2. The standard InChI is InChI=1S/C16H15NO3/c1-10-9-14(7-8-15(10)17-11(2)18)12-3-5-13(6-4-12)16(19)20/h3-9H,1-2H3,(H,17,18)(H,19,20). The summed E-state index contributed by atoms with van der Waals surface area (Å²) < 4.78 is 0. The Labute approximate surface area is 117 Å². The molecular weight excluding hydrogens is 254 g/mol. The van der Waals surface area contributed by atoms with E-state index in [2.05, 4.69) is 5.32 Å². The van der Waals surface area contributed by atoms with Crippen molar-refractivity contribution in [2.75, 3.05) is 5.32 Å². The Morgan fingerprint density at radius 2 is 1.60 bits per heavy atom. The topological polar surface area (TPSA) is 66.4 Å². The fourth-order valence-corrected chi connectivity index (χ4v) is 1.98. The fourth-order valence-electron chi connectivity index (χ4n) is 1.98. The molecule has 1 amide bonds. The molecule has 0 saturated carbocycles. The van der Waals surface area contributed by atoms with E-state index >= 15 is 0 Å². The van der Waals surface area contributed by atoms with Crippen molar-refractivity contribution in [2.24, 2.45) is 0 Å². The molecule has 0 radical (unpaired) electrons. The van der Waals surface area contributed by atoms with Crippen molar-refractivity contribution in [1.29, 1.82) is 0 Å². The fraction of sp³-hybridized carbons (Fsp3) is 0.125. The van der Waals surface area contributed by atoms with Gasteiger partial charge in [-0.05, 0) is 47.9 Å². The van der Waals surface area contributed by atoms with Crippen LogP contribution in [0.25, 0.3) is 11.1 Å². The van der Waals surface area contributed by atoms with Crippen LogP contribution in [0.4, 0.5) is 5.69 Å². The van der Waals surface area contributed by atoms with Gasteiger partial charge in [-0.1, -0.05) is 18.2 Å². The van der Waals surface area contributed by atoms with Crippen molar-refractivity contribution in [1.82, 2.24) is 0 Å². The second-order valence-electron chi connectivity index (χ2n) is 4.59. The van der Waals surface area contributed by atoms with Gasteiger partial charge in [0.2, 0.25) is 5.91 Å². The molecule has 0 aliphatic heterocycles. The predicted molar refractivity (Wildman–Crippen MR) is 77.9 cm³/mol. The zero-order chi connectivity index (χ0) is 14.7. The second kappa shape index (κ2) is 5.57. The van der Waals surface area contributed by atoms with Crippen LogP contribution in [0.1, 0.15) is 22.8 Å². The minimum absolute atomic E-state index is 0.105. The van der Waals surface area contributed by atoms with E-state index in [0.29, 0.717) is 0 Å². The number of benzene rings is 2. The highest BCUT2D eigenvalue weighted by atomic mass is 16.4. The van der Waals surface area contributed by atoms with Crippen LogP contribution in [0.3, 0.4) is 0 Å². The number of amides is 1. The molecule has 0 spiro atoms. The summed E-state index contributed by atoms with van der Waals surface area (Å²) in [6, 6.07) is 12.4. The van der Waals surface area contributed by atoms with E-state index in [1.54, 1.807) is 24.3 Å². The number of rotatable bonds is 3. The first kappa shape index (κ1) is 13.8. The molecule has 0 unspecified atom stereocenters. The minimum atomic E-state index is -0.936. The van der Waals surface area contributed by atoms with Crippen molar-refractivity contribution < 1.29 is 14.7 Å². The molecule has 4 heteroatoms. The SMILES string of the molecule is CC(=O)Nc1ccc(-c2ccc(C(=O)O)cc2)cc1C. The minimum Gasteiger partial charge on any atom is -0.478 e. The monoisotopic (exact) mass is 269 g/mol. The van der Waals surface area contributed by atoms with E-state index in [4.69, 9.17) is 5.11 Å². The summed E-state index contributed by atoms with van der Waals surface area (Å²) in [5.41, 5.74) is 3.92. The van der Waals surface area contributed by atoms with Gasteiger partial charge >= 0.3 is 5.97 Å². The highest BCUT2D eigenvalue weighted by Gasteiger charge is 2.05. The Morgan fingerprint density at radius 1 is 1.00 bits per heavy atom. The van der Waals surface area contributed by atoms with Gasteiger partial charge in [-0.2, -0.15) is 0 Å². The maximum absolute atomic E-state index is 11.1. The maximum atomic E-state index is 11.1. The van der Waals surface area contributed by atoms with E-state index < -0.39 is 5.97 Å². The van der Waals surface area contributed by atoms with Gasteiger partial charge in [0, 0.05) is 12.6 Å². The van der Waals surface area contributed by atoms with Crippen molar-refractivity contribution >= 4 is 17.6 Å². The van der Waals surface area contributed by atoms with Crippen molar-refractivity contribution in [3.8, 4) is 11.1 Å². The summed E-state index contributed by atoms with van der Waals surface area (Å²) in [5.74, 6) is -1.04. The van der Waals surface area contributed by atoms with Gasteiger partial charge in [0.25, 0.3) is 0 Å². The summed E-state index contributed by atoms with van der Waals surface area (Å²) in [5, 5.41) is 11.6. The van der Waals surface area contributed by atoms with Gasteiger partial charge in [-0.15, -0.1) is 0 Å². The molecule has 0 atom stereocenters. The molecule has 20 heavy (non-hydrogen) atoms. The van der Waals surface area contributed by atoms with Crippen LogP contribution in [0.15, 0.2) is 42.5 Å². The molecule has 102 valence electrons. The lowest BCUT2D eigenvalue weighted by Gasteiger charge is -2.09. The smallest absolute Gasteiger partial charge is 0.335 e. The quantitative estimate of drug-likeness (QED) is 0.898. The molecule has 0 aliphatic carbocycles. The summed E-state index contributed by atoms with van der Waals surface area (Å²) in [7, 11) is 0. The van der Waals surface area contributed by atoms with E-state index in [0.717, 1.165) is 22.4 Å². The van der Waals surface area contributed by atoms with Crippen LogP contribution < -0.4 is 5.32 Å². The Balaban J connectivity index is 2.31. The number of aromatic carboxylic acids is 1. The van der Waals surface area contributed by atoms with Crippen LogP contribution in [0.2, 0.25) is 0 Å². The maximum Gasteiger partial charge on any atom is 0.335 e. The van der Waals surface area contributed by atoms with E-state index in [-0.39, 0.29) is 11.5 Å². The highest BCUT2D eigenvalue weighted by Crippen LogP contribution is 2.25. The lowest BCUT2D eigenvalue weighted by atomic mass is 10.0. The largest absolute Gasteiger partial charge is 0.478 e. The van der Waals surface area contributed by atoms with Crippen molar-refractivity contribution in [3.05, 3.63) is 53.6 Å². The number of nitrogens with one attached hydrogen (secondary N) is 1. The third kappa shape index (κ3) is 3.03. The molecule has 2 aromatic carbocycles. The van der Waals surface area contributed by atoms with Crippen LogP contribution in [0, 0.1) is 6.92 Å². The molecular formula is C16H15NO3. The first-order valence-electron chi connectivity index (χ1n) is 6.19. The third-order valence-electron chi connectivity index (χ3n) is 3.00. The summed E-state index contributed by atoms with van der Waals surface area (Å²) >= 11 is 0. The van der Waals surface area contributed by atoms with Gasteiger partial charge in [-0.25, -0.2) is 4.79 Å². The highest BCUT2D eigenvalue weighted by molar-refractivity contribution is 5.90. The zero-order valence-electron chi connectivity index (χ0n) is 11.3. The Kier molecular flexibility index (Phi) is 3.84. The lowest BCUT2D eigenvalue weighted by molar-refractivity contribution is -0.114. The predicted octanol–water partition coefficient (Wildman–Crippen LogP) is 3.32. The summed E-state index contributed by atoms with van der Waals surface area (Å²) in [6.45, 7) is 3.39. The number of carbonyl (C=O) groups is 2. The van der Waals surface area contributed by atoms with Crippen LogP contribution >= 0.6 is 0 Å². The van der Waals surface area contributed by atoms with E-state index in [1.807, 2.05) is 25.1 Å². The van der Waals surface area contributed by atoms with Gasteiger partial charge < -0.3 is 10.4 Å². The summed E-state index contributed by atoms with van der Waals surface area (Å²) in [4.78, 5) is 21.9. The normalized spacial score (nSPS) is 10.1. The molecule has 2 N–H and O–H groups in total. The van der Waals surface area contributed by atoms with Crippen molar-refractivity contribution in [3.63, 3.8) is 0 Å². The number of carboxylic acids is 1. The van der Waals surface area contributed by atoms with Gasteiger partial charge in [0.05, 0.1) is 5.56 Å². The van der Waals surface area contributed by atoms with Crippen LogP contribution in [0.5, 0.6) is 0 Å². The molecule has 0 aromatic heterocycles. The number of carbonyl (C=O) groups excluding carboxylic acids is 1. The zero-order valence-corrected chi connectivity index (χ0v) is 11.3. The molecule has 0 aliphatic rings. The van der Waals surface area contributed by atoms with Gasteiger partial charge in [0.15, 0.2) is 0 Å². The van der Waals surface area contributed by atoms with E-state index in [1.165, 1.54) is 6.92 Å². The second-order valence-corrected chi connectivity index (χ2v) is 4.59. The number of hydrogen-bond donors (Lipinski definition) is 2. The molecule has 0 heterocycles. The average molecular weight is 269 g/mol. The van der Waals surface area contributed by atoms with Crippen molar-refractivity contribution in [2.45, 2.75) is 13.8 Å².